The highest BCUT2D eigenvalue weighted by molar-refractivity contribution is 7.89. The molecule has 0 spiro atoms. The maximum absolute atomic E-state index is 12.2. The second-order valence-corrected chi connectivity index (χ2v) is 6.99. The first-order valence-corrected chi connectivity index (χ1v) is 8.09. The normalized spacial score (nSPS) is 15.6. The lowest BCUT2D eigenvalue weighted by Gasteiger charge is -2.24. The summed E-state index contributed by atoms with van der Waals surface area (Å²) in [7, 11) is -1.69. The fraction of sp³-hybridized carbons (Fsp3) is 0.538. The molecular formula is C13H20ClNO2S. The molecule has 0 N–H and O–H groups in total. The summed E-state index contributed by atoms with van der Waals surface area (Å²) in [5.41, 5.74) is 1.04. The van der Waals surface area contributed by atoms with E-state index in [9.17, 15) is 8.42 Å². The van der Waals surface area contributed by atoms with Gasteiger partial charge in [-0.1, -0.05) is 37.3 Å². The molecule has 0 aliphatic heterocycles. The van der Waals surface area contributed by atoms with E-state index >= 15 is 0 Å². The van der Waals surface area contributed by atoms with Crippen molar-refractivity contribution in [2.75, 3.05) is 18.7 Å². The summed E-state index contributed by atoms with van der Waals surface area (Å²) < 4.78 is 25.7. The van der Waals surface area contributed by atoms with Gasteiger partial charge >= 0.3 is 0 Å². The van der Waals surface area contributed by atoms with Crippen molar-refractivity contribution >= 4 is 21.6 Å². The third kappa shape index (κ3) is 3.97. The molecule has 0 bridgehead atoms. The SMILES string of the molecule is CC(CS(=O)(=O)N(C)C(C)CCl)c1ccccc1. The zero-order valence-corrected chi connectivity index (χ0v) is 12.6. The van der Waals surface area contributed by atoms with Crippen molar-refractivity contribution in [2.24, 2.45) is 0 Å². The molecule has 1 aromatic carbocycles. The molecule has 0 fully saturated rings. The minimum absolute atomic E-state index is 0.0267. The highest BCUT2D eigenvalue weighted by Gasteiger charge is 2.25. The standard InChI is InChI=1S/C13H20ClNO2S/c1-11(13-7-5-4-6-8-13)10-18(16,17)15(3)12(2)9-14/h4-8,11-12H,9-10H2,1-3H3. The minimum atomic E-state index is -3.27. The molecule has 1 aromatic rings. The molecule has 0 aliphatic rings. The summed E-state index contributed by atoms with van der Waals surface area (Å²) in [6.07, 6.45) is 0. The smallest absolute Gasteiger partial charge is 0.212 e. The van der Waals surface area contributed by atoms with Gasteiger partial charge in [-0.2, -0.15) is 0 Å². The predicted molar refractivity (Wildman–Crippen MR) is 76.6 cm³/mol. The van der Waals surface area contributed by atoms with Gasteiger partial charge in [0.05, 0.1) is 5.75 Å². The fourth-order valence-corrected chi connectivity index (χ4v) is 3.65. The molecule has 0 radical (unpaired) electrons. The Morgan fingerprint density at radius 1 is 1.22 bits per heavy atom. The minimum Gasteiger partial charge on any atom is -0.212 e. The number of halogens is 1. The summed E-state index contributed by atoms with van der Waals surface area (Å²) in [6.45, 7) is 3.73. The first-order chi connectivity index (χ1) is 8.38. The van der Waals surface area contributed by atoms with Crippen molar-refractivity contribution in [1.29, 1.82) is 0 Å². The lowest BCUT2D eigenvalue weighted by molar-refractivity contribution is 0.411. The van der Waals surface area contributed by atoms with Crippen LogP contribution < -0.4 is 0 Å². The van der Waals surface area contributed by atoms with Crippen LogP contribution in [0.25, 0.3) is 0 Å². The molecule has 2 unspecified atom stereocenters. The first kappa shape index (κ1) is 15.5. The summed E-state index contributed by atoms with van der Waals surface area (Å²) in [5.74, 6) is 0.380. The lowest BCUT2D eigenvalue weighted by Crippen LogP contribution is -2.38. The van der Waals surface area contributed by atoms with Crippen molar-refractivity contribution in [1.82, 2.24) is 4.31 Å². The molecule has 0 heterocycles. The maximum Gasteiger partial charge on any atom is 0.214 e. The third-order valence-electron chi connectivity index (χ3n) is 3.11. The molecule has 102 valence electrons. The lowest BCUT2D eigenvalue weighted by atomic mass is 10.0. The van der Waals surface area contributed by atoms with E-state index in [1.807, 2.05) is 37.3 Å². The Labute approximate surface area is 115 Å². The molecule has 0 saturated heterocycles. The van der Waals surface area contributed by atoms with Gasteiger partial charge in [-0.05, 0) is 18.4 Å². The fourth-order valence-electron chi connectivity index (χ4n) is 1.68. The predicted octanol–water partition coefficient (Wildman–Crippen LogP) is 2.68. The van der Waals surface area contributed by atoms with Crippen molar-refractivity contribution in [2.45, 2.75) is 25.8 Å². The van der Waals surface area contributed by atoms with Crippen molar-refractivity contribution in [3.8, 4) is 0 Å². The van der Waals surface area contributed by atoms with Crippen molar-refractivity contribution in [3.63, 3.8) is 0 Å². The van der Waals surface area contributed by atoms with Gasteiger partial charge in [-0.3, -0.25) is 0 Å². The first-order valence-electron chi connectivity index (χ1n) is 5.95. The maximum atomic E-state index is 12.2. The second-order valence-electron chi connectivity index (χ2n) is 4.61. The second kappa shape index (κ2) is 6.55. The van der Waals surface area contributed by atoms with Crippen molar-refractivity contribution < 1.29 is 8.42 Å². The Hall–Kier alpha value is -0.580. The van der Waals surface area contributed by atoms with Crippen LogP contribution in [0.15, 0.2) is 30.3 Å². The van der Waals surface area contributed by atoms with E-state index in [0.29, 0.717) is 5.88 Å². The summed E-state index contributed by atoms with van der Waals surface area (Å²) in [4.78, 5) is 0. The topological polar surface area (TPSA) is 37.4 Å². The van der Waals surface area contributed by atoms with E-state index in [0.717, 1.165) is 5.56 Å². The quantitative estimate of drug-likeness (QED) is 0.755. The van der Waals surface area contributed by atoms with Gasteiger partial charge in [0.15, 0.2) is 0 Å². The largest absolute Gasteiger partial charge is 0.214 e. The Morgan fingerprint density at radius 2 is 1.78 bits per heavy atom. The molecule has 3 nitrogen and oxygen atoms in total. The Balaban J connectivity index is 2.78. The molecule has 18 heavy (non-hydrogen) atoms. The van der Waals surface area contributed by atoms with E-state index in [-0.39, 0.29) is 17.7 Å². The van der Waals surface area contributed by atoms with Gasteiger partial charge in [0.1, 0.15) is 0 Å². The van der Waals surface area contributed by atoms with Crippen LogP contribution in [0.5, 0.6) is 0 Å². The monoisotopic (exact) mass is 289 g/mol. The van der Waals surface area contributed by atoms with Crippen molar-refractivity contribution in [3.05, 3.63) is 35.9 Å². The van der Waals surface area contributed by atoms with Gasteiger partial charge in [0.2, 0.25) is 10.0 Å². The Bertz CT molecular complexity index is 461. The summed E-state index contributed by atoms with van der Waals surface area (Å²) in [5, 5.41) is 0. The van der Waals surface area contributed by atoms with Gasteiger partial charge in [0, 0.05) is 19.0 Å². The number of rotatable bonds is 6. The zero-order valence-electron chi connectivity index (χ0n) is 11.0. The van der Waals surface area contributed by atoms with E-state index in [1.165, 1.54) is 4.31 Å². The number of benzene rings is 1. The number of sulfonamides is 1. The number of alkyl halides is 1. The Kier molecular flexibility index (Phi) is 5.63. The van der Waals surface area contributed by atoms with Crippen LogP contribution in [0, 0.1) is 0 Å². The van der Waals surface area contributed by atoms with Crippen LogP contribution in [0.3, 0.4) is 0 Å². The summed E-state index contributed by atoms with van der Waals surface area (Å²) >= 11 is 5.70. The van der Waals surface area contributed by atoms with E-state index in [1.54, 1.807) is 14.0 Å². The van der Waals surface area contributed by atoms with Crippen LogP contribution in [-0.4, -0.2) is 37.4 Å². The van der Waals surface area contributed by atoms with E-state index in [2.05, 4.69) is 0 Å². The highest BCUT2D eigenvalue weighted by Crippen LogP contribution is 2.19. The molecule has 0 aromatic heterocycles. The number of hydrogen-bond donors (Lipinski definition) is 0. The van der Waals surface area contributed by atoms with Crippen LogP contribution in [0.4, 0.5) is 0 Å². The zero-order chi connectivity index (χ0) is 13.8. The Morgan fingerprint density at radius 3 is 2.28 bits per heavy atom. The van der Waals surface area contributed by atoms with E-state index in [4.69, 9.17) is 11.6 Å². The molecule has 0 saturated carbocycles. The highest BCUT2D eigenvalue weighted by atomic mass is 35.5. The van der Waals surface area contributed by atoms with Gasteiger partial charge in [-0.15, -0.1) is 11.6 Å². The molecule has 1 rings (SSSR count). The molecule has 0 amide bonds. The molecule has 5 heteroatoms. The van der Waals surface area contributed by atoms with Gasteiger partial charge in [-0.25, -0.2) is 12.7 Å². The number of nitrogens with zero attached hydrogens (tertiary/aromatic N) is 1. The average Bonchev–Trinajstić information content (AvgIpc) is 2.37. The van der Waals surface area contributed by atoms with Crippen LogP contribution >= 0.6 is 11.6 Å². The molecule has 0 aliphatic carbocycles. The van der Waals surface area contributed by atoms with Crippen LogP contribution in [0.1, 0.15) is 25.3 Å². The number of hydrogen-bond acceptors (Lipinski definition) is 2. The third-order valence-corrected chi connectivity index (χ3v) is 5.72. The average molecular weight is 290 g/mol. The van der Waals surface area contributed by atoms with E-state index < -0.39 is 10.0 Å². The van der Waals surface area contributed by atoms with Gasteiger partial charge in [0.25, 0.3) is 0 Å². The van der Waals surface area contributed by atoms with Crippen LogP contribution in [0.2, 0.25) is 0 Å². The molecular weight excluding hydrogens is 270 g/mol. The summed E-state index contributed by atoms with van der Waals surface area (Å²) in [6, 6.07) is 9.48. The molecule has 2 atom stereocenters. The van der Waals surface area contributed by atoms with Gasteiger partial charge < -0.3 is 0 Å². The van der Waals surface area contributed by atoms with Crippen LogP contribution in [-0.2, 0) is 10.0 Å².